The van der Waals surface area contributed by atoms with Gasteiger partial charge in [0.1, 0.15) is 5.69 Å². The highest BCUT2D eigenvalue weighted by Gasteiger charge is 2.23. The number of aromatic nitrogens is 2. The molecule has 0 aliphatic rings. The predicted octanol–water partition coefficient (Wildman–Crippen LogP) is 1.02. The molecule has 0 saturated carbocycles. The molecule has 2 aromatic rings. The van der Waals surface area contributed by atoms with Crippen LogP contribution in [-0.4, -0.2) is 23.1 Å². The number of nitrogens with zero attached hydrogens (tertiary/aromatic N) is 3. The van der Waals surface area contributed by atoms with Crippen LogP contribution in [0, 0.1) is 17.0 Å². The van der Waals surface area contributed by atoms with Crippen LogP contribution in [0.25, 0.3) is 0 Å². The Morgan fingerprint density at radius 1 is 1.43 bits per heavy atom. The maximum absolute atomic E-state index is 12.3. The summed E-state index contributed by atoms with van der Waals surface area (Å²) < 4.78 is 28.3. The topological polar surface area (TPSA) is 133 Å². The van der Waals surface area contributed by atoms with Gasteiger partial charge in [-0.3, -0.25) is 19.5 Å². The van der Waals surface area contributed by atoms with E-state index in [1.54, 1.807) is 13.2 Å². The lowest BCUT2D eigenvalue weighted by Gasteiger charge is -2.09. The first-order chi connectivity index (χ1) is 9.70. The van der Waals surface area contributed by atoms with Gasteiger partial charge >= 0.3 is 0 Å². The summed E-state index contributed by atoms with van der Waals surface area (Å²) >= 11 is 0. The Balaban J connectivity index is 2.49. The molecular formula is C11H13N5O4S. The second kappa shape index (κ2) is 5.05. The lowest BCUT2D eigenvalue weighted by Crippen LogP contribution is -2.15. The van der Waals surface area contributed by atoms with Gasteiger partial charge in [-0.2, -0.15) is 5.10 Å². The Morgan fingerprint density at radius 2 is 2.10 bits per heavy atom. The second-order valence-electron chi connectivity index (χ2n) is 4.41. The molecule has 1 aromatic heterocycles. The summed E-state index contributed by atoms with van der Waals surface area (Å²) in [4.78, 5) is 9.93. The quantitative estimate of drug-likeness (QED) is 0.492. The summed E-state index contributed by atoms with van der Waals surface area (Å²) in [7, 11) is -2.35. The zero-order valence-electron chi connectivity index (χ0n) is 11.3. The maximum atomic E-state index is 12.3. The van der Waals surface area contributed by atoms with E-state index >= 15 is 0 Å². The van der Waals surface area contributed by atoms with Crippen molar-refractivity contribution in [3.05, 3.63) is 40.1 Å². The summed E-state index contributed by atoms with van der Waals surface area (Å²) in [6.07, 6.45) is 1.57. The fourth-order valence-electron chi connectivity index (χ4n) is 1.81. The minimum absolute atomic E-state index is 0.0886. The van der Waals surface area contributed by atoms with Gasteiger partial charge in [0.25, 0.3) is 15.7 Å². The molecule has 0 aliphatic heterocycles. The SMILES string of the molecule is Cc1cc(N)c([N+](=O)[O-])cc1S(=O)(=O)Nc1ccn(C)n1. The molecule has 0 saturated heterocycles. The van der Waals surface area contributed by atoms with E-state index in [2.05, 4.69) is 9.82 Å². The van der Waals surface area contributed by atoms with Gasteiger partial charge in [0.15, 0.2) is 5.82 Å². The van der Waals surface area contributed by atoms with Crippen molar-refractivity contribution in [1.82, 2.24) is 9.78 Å². The van der Waals surface area contributed by atoms with Crippen molar-refractivity contribution in [1.29, 1.82) is 0 Å². The van der Waals surface area contributed by atoms with E-state index in [-0.39, 0.29) is 16.4 Å². The Bertz CT molecular complexity index is 812. The lowest BCUT2D eigenvalue weighted by atomic mass is 10.2. The van der Waals surface area contributed by atoms with E-state index in [9.17, 15) is 18.5 Å². The Kier molecular flexibility index (Phi) is 3.56. The second-order valence-corrected chi connectivity index (χ2v) is 6.06. The summed E-state index contributed by atoms with van der Waals surface area (Å²) in [5, 5.41) is 14.8. The summed E-state index contributed by atoms with van der Waals surface area (Å²) in [6.45, 7) is 1.51. The number of sulfonamides is 1. The van der Waals surface area contributed by atoms with Crippen LogP contribution < -0.4 is 10.5 Å². The van der Waals surface area contributed by atoms with Crippen molar-refractivity contribution in [3.8, 4) is 0 Å². The number of aryl methyl sites for hydroxylation is 2. The monoisotopic (exact) mass is 311 g/mol. The molecule has 0 amide bonds. The van der Waals surface area contributed by atoms with Crippen LogP contribution in [0.1, 0.15) is 5.56 Å². The number of nitrogens with two attached hydrogens (primary N) is 1. The molecule has 0 aliphatic carbocycles. The molecule has 0 bridgehead atoms. The van der Waals surface area contributed by atoms with E-state index in [4.69, 9.17) is 5.73 Å². The molecular weight excluding hydrogens is 298 g/mol. The standard InChI is InChI=1S/C11H13N5O4S/c1-7-5-8(12)9(16(17)18)6-10(7)21(19,20)14-11-3-4-15(2)13-11/h3-6H,12H2,1-2H3,(H,13,14). The van der Waals surface area contributed by atoms with Gasteiger partial charge < -0.3 is 5.73 Å². The van der Waals surface area contributed by atoms with Crippen LogP contribution in [0.4, 0.5) is 17.2 Å². The minimum atomic E-state index is -3.99. The molecule has 3 N–H and O–H groups in total. The zero-order valence-corrected chi connectivity index (χ0v) is 12.1. The number of anilines is 2. The van der Waals surface area contributed by atoms with Gasteiger partial charge in [0, 0.05) is 25.4 Å². The van der Waals surface area contributed by atoms with Gasteiger partial charge in [-0.15, -0.1) is 0 Å². The number of nitro groups is 1. The number of nitrogen functional groups attached to an aromatic ring is 1. The molecule has 0 fully saturated rings. The highest BCUT2D eigenvalue weighted by Crippen LogP contribution is 2.29. The Morgan fingerprint density at radius 3 is 2.62 bits per heavy atom. The summed E-state index contributed by atoms with van der Waals surface area (Å²) in [5.41, 5.74) is 5.28. The van der Waals surface area contributed by atoms with Crippen LogP contribution in [0.2, 0.25) is 0 Å². The number of nitrogens with one attached hydrogen (secondary N) is 1. The lowest BCUT2D eigenvalue weighted by molar-refractivity contribution is -0.384. The number of hydrogen-bond donors (Lipinski definition) is 2. The van der Waals surface area contributed by atoms with Gasteiger partial charge in [0.2, 0.25) is 0 Å². The molecule has 2 rings (SSSR count). The third-order valence-corrected chi connectivity index (χ3v) is 4.26. The Hall–Kier alpha value is -2.62. The van der Waals surface area contributed by atoms with Crippen molar-refractivity contribution in [2.75, 3.05) is 10.5 Å². The summed E-state index contributed by atoms with van der Waals surface area (Å²) in [6, 6.07) is 3.67. The van der Waals surface area contributed by atoms with E-state index in [1.165, 1.54) is 23.7 Å². The molecule has 1 aromatic carbocycles. The molecule has 10 heteroatoms. The smallest absolute Gasteiger partial charge is 0.293 e. The highest BCUT2D eigenvalue weighted by atomic mass is 32.2. The van der Waals surface area contributed by atoms with Crippen molar-refractivity contribution in [3.63, 3.8) is 0 Å². The van der Waals surface area contributed by atoms with Crippen molar-refractivity contribution in [2.24, 2.45) is 7.05 Å². The number of benzene rings is 1. The zero-order chi connectivity index (χ0) is 15.8. The van der Waals surface area contributed by atoms with Crippen LogP contribution in [0.15, 0.2) is 29.3 Å². The fourth-order valence-corrected chi connectivity index (χ4v) is 3.05. The molecule has 0 atom stereocenters. The fraction of sp³-hybridized carbons (Fsp3) is 0.182. The third kappa shape index (κ3) is 2.94. The van der Waals surface area contributed by atoms with Crippen LogP contribution in [-0.2, 0) is 17.1 Å². The van der Waals surface area contributed by atoms with E-state index < -0.39 is 20.6 Å². The average molecular weight is 311 g/mol. The van der Waals surface area contributed by atoms with E-state index in [1.807, 2.05) is 0 Å². The van der Waals surface area contributed by atoms with Gasteiger partial charge in [-0.1, -0.05) is 0 Å². The van der Waals surface area contributed by atoms with Gasteiger partial charge in [0.05, 0.1) is 9.82 Å². The van der Waals surface area contributed by atoms with Crippen molar-refractivity contribution >= 4 is 27.2 Å². The third-order valence-electron chi connectivity index (χ3n) is 2.76. The average Bonchev–Trinajstić information content (AvgIpc) is 2.72. The molecule has 0 radical (unpaired) electrons. The molecule has 0 unspecified atom stereocenters. The predicted molar refractivity (Wildman–Crippen MR) is 76.3 cm³/mol. The normalized spacial score (nSPS) is 11.3. The van der Waals surface area contributed by atoms with Crippen LogP contribution >= 0.6 is 0 Å². The number of hydrogen-bond acceptors (Lipinski definition) is 6. The largest absolute Gasteiger partial charge is 0.393 e. The maximum Gasteiger partial charge on any atom is 0.293 e. The molecule has 112 valence electrons. The Labute approximate surface area is 120 Å². The molecule has 21 heavy (non-hydrogen) atoms. The molecule has 0 spiro atoms. The first-order valence-electron chi connectivity index (χ1n) is 5.77. The molecule has 1 heterocycles. The van der Waals surface area contributed by atoms with Crippen molar-refractivity contribution < 1.29 is 13.3 Å². The van der Waals surface area contributed by atoms with E-state index in [0.29, 0.717) is 5.56 Å². The van der Waals surface area contributed by atoms with E-state index in [0.717, 1.165) is 6.07 Å². The molecule has 9 nitrogen and oxygen atoms in total. The summed E-state index contributed by atoms with van der Waals surface area (Å²) in [5.74, 6) is 0.122. The van der Waals surface area contributed by atoms with Crippen LogP contribution in [0.3, 0.4) is 0 Å². The first kappa shape index (κ1) is 14.8. The van der Waals surface area contributed by atoms with Gasteiger partial charge in [-0.05, 0) is 18.6 Å². The van der Waals surface area contributed by atoms with Crippen molar-refractivity contribution in [2.45, 2.75) is 11.8 Å². The highest BCUT2D eigenvalue weighted by molar-refractivity contribution is 7.92. The van der Waals surface area contributed by atoms with Gasteiger partial charge in [-0.25, -0.2) is 8.42 Å². The van der Waals surface area contributed by atoms with Crippen LogP contribution in [0.5, 0.6) is 0 Å². The number of nitro benzene ring substituents is 1. The first-order valence-corrected chi connectivity index (χ1v) is 7.26. The minimum Gasteiger partial charge on any atom is -0.393 e. The number of rotatable bonds is 4.